The van der Waals surface area contributed by atoms with Crippen molar-refractivity contribution in [2.45, 2.75) is 26.4 Å². The van der Waals surface area contributed by atoms with Crippen LogP contribution in [-0.2, 0) is 19.5 Å². The van der Waals surface area contributed by atoms with Gasteiger partial charge in [-0.3, -0.25) is 4.68 Å². The first-order valence-electron chi connectivity index (χ1n) is 8.91. The molecule has 0 unspecified atom stereocenters. The summed E-state index contributed by atoms with van der Waals surface area (Å²) in [7, 11) is 0. The third-order valence-corrected chi connectivity index (χ3v) is 4.62. The number of ether oxygens (including phenoxy) is 1. The van der Waals surface area contributed by atoms with Gasteiger partial charge in [-0.1, -0.05) is 30.3 Å². The average Bonchev–Trinajstić information content (AvgIpc) is 3.02. The summed E-state index contributed by atoms with van der Waals surface area (Å²) in [6.45, 7) is 5.40. The fraction of sp³-hybridized carbons (Fsp3) is 0.286. The van der Waals surface area contributed by atoms with Gasteiger partial charge < -0.3 is 10.1 Å². The van der Waals surface area contributed by atoms with E-state index in [-0.39, 0.29) is 0 Å². The van der Waals surface area contributed by atoms with Gasteiger partial charge in [-0.05, 0) is 36.8 Å². The molecule has 1 N–H and O–H groups in total. The Morgan fingerprint density at radius 1 is 1.08 bits per heavy atom. The monoisotopic (exact) mass is 333 g/mol. The lowest BCUT2D eigenvalue weighted by Gasteiger charge is -2.16. The van der Waals surface area contributed by atoms with Gasteiger partial charge in [-0.2, -0.15) is 5.10 Å². The minimum absolute atomic E-state index is 0.685. The molecule has 2 heterocycles. The zero-order valence-corrected chi connectivity index (χ0v) is 14.5. The molecule has 1 aromatic heterocycles. The van der Waals surface area contributed by atoms with Crippen molar-refractivity contribution in [1.82, 2.24) is 15.1 Å². The van der Waals surface area contributed by atoms with E-state index in [2.05, 4.69) is 52.5 Å². The highest BCUT2D eigenvalue weighted by Crippen LogP contribution is 2.29. The fourth-order valence-corrected chi connectivity index (χ4v) is 3.41. The van der Waals surface area contributed by atoms with Gasteiger partial charge in [0.1, 0.15) is 5.75 Å². The van der Waals surface area contributed by atoms with Crippen molar-refractivity contribution in [1.29, 1.82) is 0 Å². The molecule has 0 aliphatic carbocycles. The van der Waals surface area contributed by atoms with E-state index >= 15 is 0 Å². The second-order valence-corrected chi connectivity index (χ2v) is 6.30. The second kappa shape index (κ2) is 7.11. The van der Waals surface area contributed by atoms with Gasteiger partial charge in [0.15, 0.2) is 0 Å². The van der Waals surface area contributed by atoms with Crippen LogP contribution in [0.1, 0.15) is 23.7 Å². The van der Waals surface area contributed by atoms with Crippen molar-refractivity contribution in [3.05, 3.63) is 71.4 Å². The predicted octanol–water partition coefficient (Wildman–Crippen LogP) is 3.64. The molecule has 25 heavy (non-hydrogen) atoms. The van der Waals surface area contributed by atoms with Gasteiger partial charge in [0.25, 0.3) is 0 Å². The number of rotatable bonds is 5. The van der Waals surface area contributed by atoms with E-state index < -0.39 is 0 Å². The molecule has 1 aliphatic heterocycles. The molecular formula is C21H23N3O. The van der Waals surface area contributed by atoms with Crippen LogP contribution in [-0.4, -0.2) is 22.9 Å². The van der Waals surface area contributed by atoms with Crippen molar-refractivity contribution in [2.24, 2.45) is 0 Å². The number of benzene rings is 2. The molecule has 0 atom stereocenters. The van der Waals surface area contributed by atoms with Crippen LogP contribution >= 0.6 is 0 Å². The summed E-state index contributed by atoms with van der Waals surface area (Å²) < 4.78 is 7.73. The number of nitrogens with zero attached hydrogens (tertiary/aromatic N) is 2. The maximum absolute atomic E-state index is 5.56. The van der Waals surface area contributed by atoms with Crippen LogP contribution in [0.2, 0.25) is 0 Å². The molecule has 4 nitrogen and oxygen atoms in total. The lowest BCUT2D eigenvalue weighted by molar-refractivity contribution is 0.340. The van der Waals surface area contributed by atoms with Crippen LogP contribution in [0.25, 0.3) is 11.3 Å². The summed E-state index contributed by atoms with van der Waals surface area (Å²) >= 11 is 0. The Balaban J connectivity index is 1.70. The van der Waals surface area contributed by atoms with Crippen molar-refractivity contribution < 1.29 is 4.74 Å². The summed E-state index contributed by atoms with van der Waals surface area (Å²) in [5.74, 6) is 0.905. The Morgan fingerprint density at radius 2 is 1.88 bits per heavy atom. The molecule has 0 saturated carbocycles. The van der Waals surface area contributed by atoms with Crippen molar-refractivity contribution in [3.8, 4) is 17.0 Å². The Hall–Kier alpha value is -2.59. The van der Waals surface area contributed by atoms with Crippen LogP contribution in [0.3, 0.4) is 0 Å². The van der Waals surface area contributed by atoms with Crippen molar-refractivity contribution in [2.75, 3.05) is 13.2 Å². The van der Waals surface area contributed by atoms with E-state index in [4.69, 9.17) is 9.84 Å². The maximum atomic E-state index is 5.56. The summed E-state index contributed by atoms with van der Waals surface area (Å²) in [6.07, 6.45) is 1.02. The lowest BCUT2D eigenvalue weighted by Crippen LogP contribution is -2.25. The summed E-state index contributed by atoms with van der Waals surface area (Å²) in [4.78, 5) is 0. The molecule has 128 valence electrons. The highest BCUT2D eigenvalue weighted by molar-refractivity contribution is 5.65. The normalized spacial score (nSPS) is 13.5. The maximum Gasteiger partial charge on any atom is 0.119 e. The zero-order valence-electron chi connectivity index (χ0n) is 14.5. The van der Waals surface area contributed by atoms with Crippen LogP contribution in [0.15, 0.2) is 54.6 Å². The third kappa shape index (κ3) is 3.30. The predicted molar refractivity (Wildman–Crippen MR) is 99.8 cm³/mol. The van der Waals surface area contributed by atoms with E-state index in [1.165, 1.54) is 16.8 Å². The molecule has 0 radical (unpaired) electrons. The molecule has 4 rings (SSSR count). The Bertz CT molecular complexity index is 838. The van der Waals surface area contributed by atoms with Gasteiger partial charge in [0, 0.05) is 36.3 Å². The van der Waals surface area contributed by atoms with E-state index in [1.807, 2.05) is 19.1 Å². The number of nitrogens with one attached hydrogen (secondary N) is 1. The zero-order chi connectivity index (χ0) is 17.1. The number of fused-ring (bicyclic) bond motifs is 1. The van der Waals surface area contributed by atoms with E-state index in [0.29, 0.717) is 6.61 Å². The van der Waals surface area contributed by atoms with Gasteiger partial charge in [-0.15, -0.1) is 0 Å². The number of hydrogen-bond donors (Lipinski definition) is 1. The van der Waals surface area contributed by atoms with Gasteiger partial charge >= 0.3 is 0 Å². The first-order valence-corrected chi connectivity index (χ1v) is 8.91. The fourth-order valence-electron chi connectivity index (χ4n) is 3.41. The molecule has 2 aromatic carbocycles. The standard InChI is InChI=1S/C21H23N3O/c1-2-25-18-10-8-17(9-11-18)21-19-14-22-13-12-20(19)24(23-21)15-16-6-4-3-5-7-16/h3-11,22H,2,12-15H2,1H3. The SMILES string of the molecule is CCOc1ccc(-c2nn(Cc3ccccc3)c3c2CNCC3)cc1. The molecular weight excluding hydrogens is 310 g/mol. The Morgan fingerprint density at radius 3 is 2.64 bits per heavy atom. The Kier molecular flexibility index (Phi) is 4.53. The average molecular weight is 333 g/mol. The number of aromatic nitrogens is 2. The molecule has 0 fully saturated rings. The largest absolute Gasteiger partial charge is 0.494 e. The molecule has 0 spiro atoms. The van der Waals surface area contributed by atoms with Crippen LogP contribution < -0.4 is 10.1 Å². The van der Waals surface area contributed by atoms with Gasteiger partial charge in [-0.25, -0.2) is 0 Å². The Labute approximate surface area is 148 Å². The second-order valence-electron chi connectivity index (χ2n) is 6.30. The lowest BCUT2D eigenvalue weighted by atomic mass is 10.0. The van der Waals surface area contributed by atoms with Gasteiger partial charge in [0.2, 0.25) is 0 Å². The van der Waals surface area contributed by atoms with Crippen LogP contribution in [0.4, 0.5) is 0 Å². The van der Waals surface area contributed by atoms with E-state index in [1.54, 1.807) is 0 Å². The van der Waals surface area contributed by atoms with Crippen molar-refractivity contribution >= 4 is 0 Å². The highest BCUT2D eigenvalue weighted by atomic mass is 16.5. The minimum Gasteiger partial charge on any atom is -0.494 e. The number of hydrogen-bond acceptors (Lipinski definition) is 3. The summed E-state index contributed by atoms with van der Waals surface area (Å²) in [5, 5.41) is 8.45. The van der Waals surface area contributed by atoms with Crippen LogP contribution in [0.5, 0.6) is 5.75 Å². The van der Waals surface area contributed by atoms with E-state index in [0.717, 1.165) is 43.1 Å². The molecule has 4 heteroatoms. The molecule has 3 aromatic rings. The summed E-state index contributed by atoms with van der Waals surface area (Å²) in [6, 6.07) is 18.8. The minimum atomic E-state index is 0.685. The molecule has 0 amide bonds. The topological polar surface area (TPSA) is 39.1 Å². The third-order valence-electron chi connectivity index (χ3n) is 4.62. The smallest absolute Gasteiger partial charge is 0.119 e. The van der Waals surface area contributed by atoms with E-state index in [9.17, 15) is 0 Å². The molecule has 0 bridgehead atoms. The van der Waals surface area contributed by atoms with Gasteiger partial charge in [0.05, 0.1) is 18.8 Å². The quantitative estimate of drug-likeness (QED) is 0.775. The highest BCUT2D eigenvalue weighted by Gasteiger charge is 2.21. The molecule has 0 saturated heterocycles. The molecule has 1 aliphatic rings. The first-order chi connectivity index (χ1) is 12.3. The van der Waals surface area contributed by atoms with Crippen molar-refractivity contribution in [3.63, 3.8) is 0 Å². The first kappa shape index (κ1) is 15.9. The summed E-state index contributed by atoms with van der Waals surface area (Å²) in [5.41, 5.74) is 6.19. The van der Waals surface area contributed by atoms with Crippen LogP contribution in [0, 0.1) is 0 Å².